The molecule has 1 aromatic rings. The number of allylic oxidation sites excluding steroid dienone is 3. The number of nitrogens with one attached hydrogen (secondary N) is 2. The summed E-state index contributed by atoms with van der Waals surface area (Å²) in [6, 6.07) is 2.44. The molecule has 0 aliphatic carbocycles. The fourth-order valence-corrected chi connectivity index (χ4v) is 4.98. The highest BCUT2D eigenvalue weighted by atomic mass is 35.5. The van der Waals surface area contributed by atoms with Gasteiger partial charge >= 0.3 is 0 Å². The molecule has 3 aliphatic rings. The lowest BCUT2D eigenvalue weighted by atomic mass is 9.90. The van der Waals surface area contributed by atoms with Crippen molar-refractivity contribution in [3.63, 3.8) is 0 Å². The monoisotopic (exact) mass is 402 g/mol. The van der Waals surface area contributed by atoms with E-state index >= 15 is 0 Å². The van der Waals surface area contributed by atoms with Gasteiger partial charge in [-0.2, -0.15) is 0 Å². The van der Waals surface area contributed by atoms with Gasteiger partial charge in [0.1, 0.15) is 23.5 Å². The molecule has 1 spiro atoms. The number of hydrogen-bond acceptors (Lipinski definition) is 6. The lowest BCUT2D eigenvalue weighted by Crippen LogP contribution is -2.60. The molecule has 4 heterocycles. The standard InChI is InChI=1S/C19H23ClN6O2/c1-12(23-16-5-6-21-10-22-16)7-15(20)17-18(28)24-19(26(17)11-27)8-13-3-4-14(9-19)25(13)2/h5-7,10-11,13-14H,3-4,8-9H2,1-2H3,(H,24,28)(H,21,22,23)/b12-7+,17-15+. The molecular weight excluding hydrogens is 380 g/mol. The minimum atomic E-state index is -0.686. The maximum Gasteiger partial charge on any atom is 0.271 e. The number of halogens is 1. The fourth-order valence-electron chi connectivity index (χ4n) is 4.64. The Bertz CT molecular complexity index is 841. The maximum atomic E-state index is 12.8. The number of anilines is 1. The van der Waals surface area contributed by atoms with Crippen molar-refractivity contribution in [2.75, 3.05) is 12.4 Å². The van der Waals surface area contributed by atoms with E-state index in [1.807, 2.05) is 6.92 Å². The van der Waals surface area contributed by atoms with E-state index in [2.05, 4.69) is 32.5 Å². The summed E-state index contributed by atoms with van der Waals surface area (Å²) in [6.45, 7) is 1.81. The number of carbonyl (C=O) groups excluding carboxylic acids is 2. The van der Waals surface area contributed by atoms with E-state index in [9.17, 15) is 9.59 Å². The Morgan fingerprint density at radius 1 is 1.39 bits per heavy atom. The number of piperidine rings is 1. The van der Waals surface area contributed by atoms with E-state index in [1.54, 1.807) is 18.3 Å². The molecule has 2 N–H and O–H groups in total. The molecule has 148 valence electrons. The predicted octanol–water partition coefficient (Wildman–Crippen LogP) is 1.78. The van der Waals surface area contributed by atoms with Gasteiger partial charge in [-0.05, 0) is 39.0 Å². The van der Waals surface area contributed by atoms with Crippen LogP contribution in [0.15, 0.2) is 41.1 Å². The smallest absolute Gasteiger partial charge is 0.271 e. The van der Waals surface area contributed by atoms with Crippen LogP contribution in [0.4, 0.5) is 5.82 Å². The molecule has 2 atom stereocenters. The highest BCUT2D eigenvalue weighted by molar-refractivity contribution is 6.33. The zero-order valence-corrected chi connectivity index (χ0v) is 16.6. The highest BCUT2D eigenvalue weighted by Gasteiger charge is 2.56. The number of amides is 2. The van der Waals surface area contributed by atoms with E-state index in [4.69, 9.17) is 11.6 Å². The lowest BCUT2D eigenvalue weighted by molar-refractivity contribution is -0.123. The van der Waals surface area contributed by atoms with E-state index in [-0.39, 0.29) is 16.6 Å². The number of fused-ring (bicyclic) bond motifs is 2. The van der Waals surface area contributed by atoms with Gasteiger partial charge in [0.2, 0.25) is 6.41 Å². The second-order valence-electron chi connectivity index (χ2n) is 7.66. The Balaban J connectivity index is 1.62. The van der Waals surface area contributed by atoms with Crippen LogP contribution in [0, 0.1) is 0 Å². The molecule has 3 fully saturated rings. The van der Waals surface area contributed by atoms with Crippen LogP contribution in [0.1, 0.15) is 32.6 Å². The normalized spacial score (nSPS) is 31.9. The van der Waals surface area contributed by atoms with E-state index in [0.29, 0.717) is 36.4 Å². The summed E-state index contributed by atoms with van der Waals surface area (Å²) < 4.78 is 0. The van der Waals surface area contributed by atoms with Gasteiger partial charge < -0.3 is 15.5 Å². The summed E-state index contributed by atoms with van der Waals surface area (Å²) in [5.74, 6) is 0.303. The summed E-state index contributed by atoms with van der Waals surface area (Å²) >= 11 is 6.49. The first-order valence-electron chi connectivity index (χ1n) is 9.34. The second-order valence-corrected chi connectivity index (χ2v) is 8.07. The Labute approximate surface area is 168 Å². The lowest BCUT2D eigenvalue weighted by Gasteiger charge is -2.45. The first-order chi connectivity index (χ1) is 13.4. The Morgan fingerprint density at radius 3 is 2.71 bits per heavy atom. The van der Waals surface area contributed by atoms with Gasteiger partial charge in [0, 0.05) is 36.8 Å². The van der Waals surface area contributed by atoms with Gasteiger partial charge in [-0.25, -0.2) is 9.97 Å². The first kappa shape index (κ1) is 18.9. The minimum Gasteiger partial charge on any atom is -0.344 e. The van der Waals surface area contributed by atoms with Crippen LogP contribution in [0.5, 0.6) is 0 Å². The zero-order chi connectivity index (χ0) is 19.9. The van der Waals surface area contributed by atoms with Gasteiger partial charge in [-0.15, -0.1) is 0 Å². The number of aromatic nitrogens is 2. The molecule has 0 radical (unpaired) electrons. The number of hydrogen-bond donors (Lipinski definition) is 2. The van der Waals surface area contributed by atoms with Gasteiger partial charge in [-0.1, -0.05) is 11.6 Å². The third-order valence-corrected chi connectivity index (χ3v) is 6.27. The third kappa shape index (κ3) is 3.16. The molecular formula is C19H23ClN6O2. The summed E-state index contributed by atoms with van der Waals surface area (Å²) in [6.07, 6.45) is 9.01. The molecule has 3 aliphatic heterocycles. The Kier molecular flexibility index (Phi) is 4.84. The van der Waals surface area contributed by atoms with Crippen molar-refractivity contribution in [2.45, 2.75) is 50.4 Å². The fraction of sp³-hybridized carbons (Fsp3) is 0.474. The molecule has 4 rings (SSSR count). The van der Waals surface area contributed by atoms with E-state index in [0.717, 1.165) is 19.3 Å². The summed E-state index contributed by atoms with van der Waals surface area (Å²) in [5, 5.41) is 6.37. The molecule has 1 aromatic heterocycles. The van der Waals surface area contributed by atoms with Gasteiger partial charge in [0.15, 0.2) is 0 Å². The van der Waals surface area contributed by atoms with Crippen LogP contribution in [0.3, 0.4) is 0 Å². The SMILES string of the molecule is C/C(=C\C(Cl)=C1\C(=O)NC2(CC3CCC(C2)N3C)N1C=O)Nc1ccncn1. The van der Waals surface area contributed by atoms with Crippen LogP contribution in [-0.2, 0) is 9.59 Å². The molecule has 9 heteroatoms. The predicted molar refractivity (Wildman–Crippen MR) is 105 cm³/mol. The third-order valence-electron chi connectivity index (χ3n) is 5.98. The van der Waals surface area contributed by atoms with Crippen LogP contribution >= 0.6 is 11.6 Å². The number of nitrogens with zero attached hydrogens (tertiary/aromatic N) is 4. The topological polar surface area (TPSA) is 90.5 Å². The summed E-state index contributed by atoms with van der Waals surface area (Å²) in [5.41, 5.74) is 0.206. The van der Waals surface area contributed by atoms with Crippen molar-refractivity contribution in [2.24, 2.45) is 0 Å². The molecule has 28 heavy (non-hydrogen) atoms. The van der Waals surface area contributed by atoms with Crippen molar-refractivity contribution >= 4 is 29.7 Å². The zero-order valence-electron chi connectivity index (χ0n) is 15.9. The minimum absolute atomic E-state index is 0.199. The Hall–Kier alpha value is -2.45. The molecule has 2 unspecified atom stereocenters. The van der Waals surface area contributed by atoms with Crippen LogP contribution in [0.25, 0.3) is 0 Å². The molecule has 0 saturated carbocycles. The van der Waals surface area contributed by atoms with Crippen molar-refractivity contribution in [3.8, 4) is 0 Å². The second kappa shape index (κ2) is 7.18. The number of rotatable bonds is 4. The van der Waals surface area contributed by atoms with Crippen LogP contribution in [-0.4, -0.2) is 56.9 Å². The summed E-state index contributed by atoms with van der Waals surface area (Å²) in [7, 11) is 2.12. The highest BCUT2D eigenvalue weighted by Crippen LogP contribution is 2.45. The molecule has 2 amide bonds. The van der Waals surface area contributed by atoms with E-state index < -0.39 is 5.66 Å². The van der Waals surface area contributed by atoms with E-state index in [1.165, 1.54) is 11.2 Å². The van der Waals surface area contributed by atoms with Gasteiger partial charge in [0.05, 0.1) is 5.03 Å². The molecule has 8 nitrogen and oxygen atoms in total. The average molecular weight is 403 g/mol. The van der Waals surface area contributed by atoms with Crippen LogP contribution < -0.4 is 10.6 Å². The van der Waals surface area contributed by atoms with Gasteiger partial charge in [0.25, 0.3) is 5.91 Å². The average Bonchev–Trinajstić information content (AvgIpc) is 3.03. The van der Waals surface area contributed by atoms with Crippen molar-refractivity contribution in [1.29, 1.82) is 0 Å². The number of carbonyl (C=O) groups is 2. The Morgan fingerprint density at radius 2 is 2.11 bits per heavy atom. The van der Waals surface area contributed by atoms with Crippen molar-refractivity contribution in [1.82, 2.24) is 25.1 Å². The largest absolute Gasteiger partial charge is 0.344 e. The molecule has 3 saturated heterocycles. The maximum absolute atomic E-state index is 12.8. The van der Waals surface area contributed by atoms with Crippen LogP contribution in [0.2, 0.25) is 0 Å². The van der Waals surface area contributed by atoms with Crippen molar-refractivity contribution < 1.29 is 9.59 Å². The summed E-state index contributed by atoms with van der Waals surface area (Å²) in [4.78, 5) is 36.6. The molecule has 0 aromatic carbocycles. The van der Waals surface area contributed by atoms with Gasteiger partial charge in [-0.3, -0.25) is 14.5 Å². The van der Waals surface area contributed by atoms with Crippen molar-refractivity contribution in [3.05, 3.63) is 41.1 Å². The quantitative estimate of drug-likeness (QED) is 0.589. The molecule has 2 bridgehead atoms. The first-order valence-corrected chi connectivity index (χ1v) is 9.71.